The van der Waals surface area contributed by atoms with Crippen molar-refractivity contribution in [2.24, 2.45) is 0 Å². The molecule has 8 nitrogen and oxygen atoms in total. The maximum atomic E-state index is 5.51. The molecule has 0 aliphatic carbocycles. The van der Waals surface area contributed by atoms with Gasteiger partial charge in [-0.05, 0) is 18.6 Å². The molecule has 1 aliphatic heterocycles. The molecule has 1 fully saturated rings. The van der Waals surface area contributed by atoms with Gasteiger partial charge in [-0.1, -0.05) is 64.0 Å². The Kier molecular flexibility index (Phi) is 7.88. The van der Waals surface area contributed by atoms with Crippen molar-refractivity contribution in [1.29, 1.82) is 0 Å². The normalized spacial score (nSPS) is 14.4. The van der Waals surface area contributed by atoms with E-state index in [0.717, 1.165) is 61.2 Å². The van der Waals surface area contributed by atoms with Crippen molar-refractivity contribution in [2.75, 3.05) is 31.2 Å². The topological polar surface area (TPSA) is 73.9 Å². The Balaban J connectivity index is 1.32. The molecular weight excluding hydrogens is 438 g/mol. The first-order valence-electron chi connectivity index (χ1n) is 13.3. The van der Waals surface area contributed by atoms with Gasteiger partial charge in [0.25, 0.3) is 0 Å². The van der Waals surface area contributed by atoms with E-state index < -0.39 is 0 Å². The number of hydrogen-bond donors (Lipinski definition) is 0. The van der Waals surface area contributed by atoms with Crippen molar-refractivity contribution in [2.45, 2.75) is 71.4 Å². The molecule has 0 bridgehead atoms. The molecular formula is C27H37N7O. The number of hydrogen-bond acceptors (Lipinski definition) is 6. The molecule has 0 N–H and O–H groups in total. The first-order valence-corrected chi connectivity index (χ1v) is 13.3. The minimum atomic E-state index is 0.641. The van der Waals surface area contributed by atoms with Crippen LogP contribution in [0.1, 0.15) is 64.1 Å². The van der Waals surface area contributed by atoms with Gasteiger partial charge in [0.2, 0.25) is 0 Å². The van der Waals surface area contributed by atoms with Crippen LogP contribution in [0.2, 0.25) is 0 Å². The van der Waals surface area contributed by atoms with Crippen LogP contribution in [-0.2, 0) is 17.8 Å². The highest BCUT2D eigenvalue weighted by Gasteiger charge is 2.19. The highest BCUT2D eigenvalue weighted by Crippen LogP contribution is 2.24. The quantitative estimate of drug-likeness (QED) is 0.262. The van der Waals surface area contributed by atoms with E-state index in [-0.39, 0.29) is 0 Å². The summed E-state index contributed by atoms with van der Waals surface area (Å²) < 4.78 is 10.0. The van der Waals surface area contributed by atoms with Gasteiger partial charge in [0.05, 0.1) is 37.1 Å². The second-order valence-electron chi connectivity index (χ2n) is 9.48. The number of aromatic nitrogens is 6. The van der Waals surface area contributed by atoms with Gasteiger partial charge < -0.3 is 18.8 Å². The second-order valence-corrected chi connectivity index (χ2v) is 9.48. The van der Waals surface area contributed by atoms with E-state index in [1.54, 1.807) is 6.33 Å². The first-order chi connectivity index (χ1) is 17.3. The van der Waals surface area contributed by atoms with Crippen LogP contribution in [-0.4, -0.2) is 55.4 Å². The summed E-state index contributed by atoms with van der Waals surface area (Å²) in [6.45, 7) is 6.99. The summed E-state index contributed by atoms with van der Waals surface area (Å²) in [4.78, 5) is 21.1. The highest BCUT2D eigenvalue weighted by atomic mass is 16.5. The standard InChI is InChI=1S/C27H37N7O/c1-2-3-4-5-6-7-8-11-14-34-23-13-10-9-12-22(23)31-24(34)19-33-21-30-25-26(28-20-29-27(25)33)32-15-17-35-18-16-32/h9-10,12-13,20-21H,2-8,11,14-19H2,1H3. The van der Waals surface area contributed by atoms with Crippen LogP contribution < -0.4 is 4.90 Å². The molecule has 0 unspecified atom stereocenters. The maximum absolute atomic E-state index is 5.51. The zero-order valence-corrected chi connectivity index (χ0v) is 20.9. The summed E-state index contributed by atoms with van der Waals surface area (Å²) in [6.07, 6.45) is 14.1. The number of nitrogens with zero attached hydrogens (tertiary/aromatic N) is 7. The number of fused-ring (bicyclic) bond motifs is 2. The van der Waals surface area contributed by atoms with Crippen molar-refractivity contribution < 1.29 is 4.74 Å². The molecule has 186 valence electrons. The number of para-hydroxylation sites is 2. The number of ether oxygens (including phenoxy) is 1. The van der Waals surface area contributed by atoms with E-state index in [1.807, 2.05) is 6.33 Å². The van der Waals surface area contributed by atoms with Gasteiger partial charge in [0.1, 0.15) is 12.2 Å². The van der Waals surface area contributed by atoms with Crippen molar-refractivity contribution in [3.8, 4) is 0 Å². The van der Waals surface area contributed by atoms with E-state index in [1.165, 1.54) is 56.9 Å². The molecule has 8 heteroatoms. The molecule has 35 heavy (non-hydrogen) atoms. The molecule has 1 aliphatic rings. The van der Waals surface area contributed by atoms with Crippen LogP contribution in [0.5, 0.6) is 0 Å². The molecule has 0 atom stereocenters. The molecule has 1 aromatic carbocycles. The molecule has 4 aromatic rings. The fourth-order valence-electron chi connectivity index (χ4n) is 5.04. The number of anilines is 1. The third-order valence-electron chi connectivity index (χ3n) is 6.97. The second kappa shape index (κ2) is 11.6. The first kappa shape index (κ1) is 23.7. The number of rotatable bonds is 12. The zero-order chi connectivity index (χ0) is 23.9. The number of aryl methyl sites for hydroxylation is 1. The molecule has 0 saturated carbocycles. The molecule has 4 heterocycles. The lowest BCUT2D eigenvalue weighted by Gasteiger charge is -2.27. The van der Waals surface area contributed by atoms with E-state index in [9.17, 15) is 0 Å². The summed E-state index contributed by atoms with van der Waals surface area (Å²) in [7, 11) is 0. The Bertz CT molecular complexity index is 1220. The summed E-state index contributed by atoms with van der Waals surface area (Å²) in [5.41, 5.74) is 3.96. The Morgan fingerprint density at radius 2 is 1.66 bits per heavy atom. The predicted octanol–water partition coefficient (Wildman–Crippen LogP) is 5.20. The smallest absolute Gasteiger partial charge is 0.165 e. The largest absolute Gasteiger partial charge is 0.378 e. The van der Waals surface area contributed by atoms with Crippen LogP contribution in [0.25, 0.3) is 22.2 Å². The number of unbranched alkanes of at least 4 members (excludes halogenated alkanes) is 7. The molecule has 1 saturated heterocycles. The number of benzene rings is 1. The average Bonchev–Trinajstić information content (AvgIpc) is 3.47. The van der Waals surface area contributed by atoms with Crippen molar-refractivity contribution >= 4 is 28.0 Å². The van der Waals surface area contributed by atoms with E-state index in [4.69, 9.17) is 14.7 Å². The minimum absolute atomic E-state index is 0.641. The lowest BCUT2D eigenvalue weighted by Crippen LogP contribution is -2.36. The zero-order valence-electron chi connectivity index (χ0n) is 20.9. The van der Waals surface area contributed by atoms with Crippen LogP contribution >= 0.6 is 0 Å². The summed E-state index contributed by atoms with van der Waals surface area (Å²) in [5, 5.41) is 0. The van der Waals surface area contributed by atoms with Gasteiger partial charge in [0, 0.05) is 19.6 Å². The fraction of sp³-hybridized carbons (Fsp3) is 0.556. The van der Waals surface area contributed by atoms with Crippen LogP contribution in [0.15, 0.2) is 36.9 Å². The van der Waals surface area contributed by atoms with Gasteiger partial charge in [-0.3, -0.25) is 0 Å². The Labute approximate surface area is 207 Å². The summed E-state index contributed by atoms with van der Waals surface area (Å²) >= 11 is 0. The Morgan fingerprint density at radius 3 is 2.49 bits per heavy atom. The lowest BCUT2D eigenvalue weighted by atomic mass is 10.1. The van der Waals surface area contributed by atoms with Gasteiger partial charge in [-0.25, -0.2) is 19.9 Å². The summed E-state index contributed by atoms with van der Waals surface area (Å²) in [5.74, 6) is 1.95. The van der Waals surface area contributed by atoms with Crippen LogP contribution in [0.3, 0.4) is 0 Å². The average molecular weight is 476 g/mol. The number of morpholine rings is 1. The SMILES string of the molecule is CCCCCCCCCCn1c(Cn2cnc3c(N4CCOCC4)ncnc32)nc2ccccc21. The third kappa shape index (κ3) is 5.48. The maximum Gasteiger partial charge on any atom is 0.165 e. The number of imidazole rings is 2. The Hall–Kier alpha value is -3.00. The minimum Gasteiger partial charge on any atom is -0.378 e. The highest BCUT2D eigenvalue weighted by molar-refractivity contribution is 5.83. The molecule has 3 aromatic heterocycles. The van der Waals surface area contributed by atoms with Crippen molar-refractivity contribution in [3.05, 3.63) is 42.7 Å². The molecule has 0 spiro atoms. The molecule has 0 amide bonds. The lowest BCUT2D eigenvalue weighted by molar-refractivity contribution is 0.122. The van der Waals surface area contributed by atoms with Crippen LogP contribution in [0, 0.1) is 0 Å². The van der Waals surface area contributed by atoms with Gasteiger partial charge >= 0.3 is 0 Å². The molecule has 0 radical (unpaired) electrons. The van der Waals surface area contributed by atoms with Crippen molar-refractivity contribution in [3.63, 3.8) is 0 Å². The monoisotopic (exact) mass is 475 g/mol. The van der Waals surface area contributed by atoms with Crippen LogP contribution in [0.4, 0.5) is 5.82 Å². The van der Waals surface area contributed by atoms with E-state index in [0.29, 0.717) is 6.54 Å². The van der Waals surface area contributed by atoms with E-state index >= 15 is 0 Å². The van der Waals surface area contributed by atoms with E-state index in [2.05, 4.69) is 55.2 Å². The third-order valence-corrected chi connectivity index (χ3v) is 6.97. The van der Waals surface area contributed by atoms with Gasteiger partial charge in [0.15, 0.2) is 17.0 Å². The van der Waals surface area contributed by atoms with Gasteiger partial charge in [-0.2, -0.15) is 0 Å². The Morgan fingerprint density at radius 1 is 0.886 bits per heavy atom. The fourth-order valence-corrected chi connectivity index (χ4v) is 5.04. The predicted molar refractivity (Wildman–Crippen MR) is 140 cm³/mol. The van der Waals surface area contributed by atoms with Crippen molar-refractivity contribution in [1.82, 2.24) is 29.1 Å². The van der Waals surface area contributed by atoms with Gasteiger partial charge in [-0.15, -0.1) is 0 Å². The summed E-state index contributed by atoms with van der Waals surface area (Å²) in [6, 6.07) is 8.45. The molecule has 5 rings (SSSR count).